The Labute approximate surface area is 315 Å². The first-order valence-corrected chi connectivity index (χ1v) is 20.5. The molecule has 8 nitrogen and oxygen atoms in total. The van der Waals surface area contributed by atoms with Crippen LogP contribution in [0.5, 0.6) is 0 Å². The number of aromatic carboxylic acids is 1. The number of rotatable bonds is 9. The van der Waals surface area contributed by atoms with E-state index in [-0.39, 0.29) is 10.7 Å². The molecular weight excluding hydrogens is 713 g/mol. The van der Waals surface area contributed by atoms with Crippen molar-refractivity contribution < 1.29 is 24.9 Å². The van der Waals surface area contributed by atoms with Crippen LogP contribution in [-0.2, 0) is 4.74 Å². The summed E-state index contributed by atoms with van der Waals surface area (Å²) in [7, 11) is -2.14. The summed E-state index contributed by atoms with van der Waals surface area (Å²) in [6.45, 7) is 13.5. The van der Waals surface area contributed by atoms with Gasteiger partial charge in [0, 0.05) is 17.1 Å². The van der Waals surface area contributed by atoms with Gasteiger partial charge in [-0.25, -0.2) is 14.8 Å². The molecule has 1 aliphatic heterocycles. The van der Waals surface area contributed by atoms with Crippen LogP contribution in [0.1, 0.15) is 80.7 Å². The number of halogens is 2. The average Bonchev–Trinajstić information content (AvgIpc) is 3.62. The number of aromatic nitrogens is 3. The fourth-order valence-corrected chi connectivity index (χ4v) is 13.8. The lowest BCUT2D eigenvalue weighted by Crippen LogP contribution is -2.43. The quantitative estimate of drug-likeness (QED) is 0.0781. The van der Waals surface area contributed by atoms with Crippen molar-refractivity contribution in [2.45, 2.75) is 88.6 Å². The highest BCUT2D eigenvalue weighted by Crippen LogP contribution is 2.45. The van der Waals surface area contributed by atoms with E-state index in [1.165, 1.54) is 6.33 Å². The molecule has 5 atom stereocenters. The normalized spacial score (nSPS) is 19.7. The van der Waals surface area contributed by atoms with E-state index >= 15 is 0 Å². The minimum absolute atomic E-state index is 0.0463. The largest absolute Gasteiger partial charge is 0.478 e. The SMILES string of the molecule is CC(C)[Si](C#Cc1cn([C@@H]2O[C@@H]([C@H](c3ccc(Cl)cc3)c3cc(-c4ccccc4)ccc3C(=O)O)[C@@H](O)[C@H]2O)c2ncnc(Cl)c12)(C(C)C)C(C)C. The first-order valence-electron chi connectivity index (χ1n) is 17.5. The van der Waals surface area contributed by atoms with E-state index < -0.39 is 44.5 Å². The van der Waals surface area contributed by atoms with Gasteiger partial charge < -0.3 is 24.6 Å². The number of fused-ring (bicyclic) bond motifs is 1. The number of ether oxygens (including phenoxy) is 1. The molecule has 3 aromatic carbocycles. The van der Waals surface area contributed by atoms with Crippen molar-refractivity contribution in [2.24, 2.45) is 0 Å². The van der Waals surface area contributed by atoms with Crippen LogP contribution in [-0.4, -0.2) is 62.2 Å². The number of aliphatic hydroxyl groups excluding tert-OH is 2. The minimum Gasteiger partial charge on any atom is -0.478 e. The van der Waals surface area contributed by atoms with Crippen LogP contribution < -0.4 is 0 Å². The molecule has 2 aromatic heterocycles. The molecule has 0 aliphatic carbocycles. The van der Waals surface area contributed by atoms with Gasteiger partial charge in [0.05, 0.1) is 22.6 Å². The number of carboxylic acid groups (broad SMARTS) is 1. The van der Waals surface area contributed by atoms with Gasteiger partial charge in [0.1, 0.15) is 37.4 Å². The highest BCUT2D eigenvalue weighted by atomic mass is 35.5. The Morgan fingerprint density at radius 2 is 1.52 bits per heavy atom. The Morgan fingerprint density at radius 1 is 0.865 bits per heavy atom. The summed E-state index contributed by atoms with van der Waals surface area (Å²) in [6, 6.07) is 21.7. The summed E-state index contributed by atoms with van der Waals surface area (Å²) in [5.74, 6) is 1.51. The second-order valence-corrected chi connectivity index (χ2v) is 20.8. The summed E-state index contributed by atoms with van der Waals surface area (Å²) >= 11 is 13.0. The number of hydrogen-bond acceptors (Lipinski definition) is 6. The summed E-state index contributed by atoms with van der Waals surface area (Å²) in [4.78, 5) is 21.5. The zero-order chi connectivity index (χ0) is 37.5. The zero-order valence-electron chi connectivity index (χ0n) is 30.0. The van der Waals surface area contributed by atoms with Crippen LogP contribution in [0.4, 0.5) is 0 Å². The van der Waals surface area contributed by atoms with E-state index in [1.54, 1.807) is 47.2 Å². The molecule has 0 amide bonds. The Kier molecular flexibility index (Phi) is 11.0. The van der Waals surface area contributed by atoms with Crippen molar-refractivity contribution in [2.75, 3.05) is 0 Å². The van der Waals surface area contributed by atoms with Crippen molar-refractivity contribution in [3.8, 4) is 22.6 Å². The molecule has 3 heterocycles. The van der Waals surface area contributed by atoms with Crippen LogP contribution in [0.25, 0.3) is 22.2 Å². The molecule has 1 saturated heterocycles. The lowest BCUT2D eigenvalue weighted by molar-refractivity contribution is -0.0390. The Hall–Kier alpha value is -4.01. The molecule has 3 N–H and O–H groups in total. The Balaban J connectivity index is 1.50. The maximum atomic E-state index is 12.7. The fraction of sp³-hybridized carbons (Fsp3) is 0.341. The van der Waals surface area contributed by atoms with Gasteiger partial charge in [-0.2, -0.15) is 0 Å². The van der Waals surface area contributed by atoms with Gasteiger partial charge >= 0.3 is 5.97 Å². The molecule has 0 radical (unpaired) electrons. The van der Waals surface area contributed by atoms with Crippen LogP contribution in [0.2, 0.25) is 26.8 Å². The van der Waals surface area contributed by atoms with E-state index in [2.05, 4.69) is 63.0 Å². The third-order valence-corrected chi connectivity index (χ3v) is 17.5. The van der Waals surface area contributed by atoms with Crippen molar-refractivity contribution in [1.82, 2.24) is 14.5 Å². The molecule has 1 aliphatic rings. The maximum absolute atomic E-state index is 12.7. The van der Waals surface area contributed by atoms with Crippen molar-refractivity contribution in [3.05, 3.63) is 118 Å². The number of hydrogen-bond donors (Lipinski definition) is 3. The number of nitrogens with zero attached hydrogens (tertiary/aromatic N) is 3. The van der Waals surface area contributed by atoms with Gasteiger partial charge in [0.2, 0.25) is 0 Å². The van der Waals surface area contributed by atoms with Crippen molar-refractivity contribution in [1.29, 1.82) is 0 Å². The molecule has 0 saturated carbocycles. The van der Waals surface area contributed by atoms with Crippen LogP contribution >= 0.6 is 23.2 Å². The average molecular weight is 757 g/mol. The molecule has 0 spiro atoms. The van der Waals surface area contributed by atoms with Gasteiger partial charge in [-0.05, 0) is 63.1 Å². The summed E-state index contributed by atoms with van der Waals surface area (Å²) in [6.07, 6.45) is -1.96. The van der Waals surface area contributed by atoms with E-state index in [4.69, 9.17) is 27.9 Å². The highest BCUT2D eigenvalue weighted by Gasteiger charge is 2.49. The van der Waals surface area contributed by atoms with Gasteiger partial charge in [-0.1, -0.05) is 119 Å². The van der Waals surface area contributed by atoms with Crippen LogP contribution in [0.3, 0.4) is 0 Å². The van der Waals surface area contributed by atoms with Gasteiger partial charge in [-0.15, -0.1) is 5.54 Å². The third-order valence-electron chi connectivity index (χ3n) is 10.7. The number of carbonyl (C=O) groups is 1. The third kappa shape index (κ3) is 6.80. The molecule has 0 unspecified atom stereocenters. The Morgan fingerprint density at radius 3 is 2.13 bits per heavy atom. The molecular formula is C41H43Cl2N3O5Si. The molecule has 1 fully saturated rings. The predicted octanol–water partition coefficient (Wildman–Crippen LogP) is 9.12. The topological polar surface area (TPSA) is 118 Å². The number of benzene rings is 3. The smallest absolute Gasteiger partial charge is 0.335 e. The van der Waals surface area contributed by atoms with E-state index in [0.29, 0.717) is 49.4 Å². The van der Waals surface area contributed by atoms with Gasteiger partial charge in [-0.3, -0.25) is 0 Å². The second kappa shape index (κ2) is 15.2. The van der Waals surface area contributed by atoms with Gasteiger partial charge in [0.25, 0.3) is 0 Å². The van der Waals surface area contributed by atoms with Crippen molar-refractivity contribution >= 4 is 48.3 Å². The maximum Gasteiger partial charge on any atom is 0.335 e. The molecule has 5 aromatic rings. The number of aliphatic hydroxyl groups is 2. The fourth-order valence-electron chi connectivity index (χ4n) is 8.18. The zero-order valence-corrected chi connectivity index (χ0v) is 32.5. The van der Waals surface area contributed by atoms with E-state index in [0.717, 1.165) is 11.1 Å². The summed E-state index contributed by atoms with van der Waals surface area (Å²) < 4.78 is 8.32. The first-order chi connectivity index (χ1) is 24.8. The minimum atomic E-state index is -2.14. The van der Waals surface area contributed by atoms with Gasteiger partial charge in [0.15, 0.2) is 6.23 Å². The highest BCUT2D eigenvalue weighted by molar-refractivity contribution is 6.90. The summed E-state index contributed by atoms with van der Waals surface area (Å²) in [5.41, 5.74) is 8.74. The molecule has 52 heavy (non-hydrogen) atoms. The summed E-state index contributed by atoms with van der Waals surface area (Å²) in [5, 5.41) is 35.2. The van der Waals surface area contributed by atoms with E-state index in [1.807, 2.05) is 36.4 Å². The van der Waals surface area contributed by atoms with Crippen LogP contribution in [0, 0.1) is 11.5 Å². The molecule has 6 rings (SSSR count). The van der Waals surface area contributed by atoms with Crippen molar-refractivity contribution in [3.63, 3.8) is 0 Å². The van der Waals surface area contributed by atoms with Crippen LogP contribution in [0.15, 0.2) is 85.3 Å². The first kappa shape index (κ1) is 37.7. The molecule has 270 valence electrons. The molecule has 0 bridgehead atoms. The lowest BCUT2D eigenvalue weighted by Gasteiger charge is -2.38. The predicted molar refractivity (Wildman–Crippen MR) is 209 cm³/mol. The monoisotopic (exact) mass is 755 g/mol. The second-order valence-electron chi connectivity index (χ2n) is 14.4. The Bertz CT molecular complexity index is 2120. The lowest BCUT2D eigenvalue weighted by atomic mass is 9.80. The standard InChI is InChI=1S/C41H43Cl2N3O5Si/c1-23(2)52(24(3)4,25(5)6)19-18-29-21-46(39-34(29)38(43)44-22-45-39)40-36(48)35(47)37(51-40)33(27-12-15-30(42)16-13-27)32-20-28(14-17-31(32)41(49)50)26-10-8-7-9-11-26/h7-17,20-25,33,35-37,40,47-48H,1-6H3,(H,49,50)/t33-,35+,36-,37+,40-/m1/s1. The number of carboxylic acids is 1. The van der Waals surface area contributed by atoms with E-state index in [9.17, 15) is 20.1 Å². The molecule has 11 heteroatoms.